The monoisotopic (exact) mass is 421 g/mol. The van der Waals surface area contributed by atoms with Crippen molar-refractivity contribution in [2.24, 2.45) is 0 Å². The molecule has 2 amide bonds. The summed E-state index contributed by atoms with van der Waals surface area (Å²) in [6.45, 7) is 1.56. The van der Waals surface area contributed by atoms with E-state index < -0.39 is 6.04 Å². The van der Waals surface area contributed by atoms with E-state index in [9.17, 15) is 9.59 Å². The van der Waals surface area contributed by atoms with Crippen LogP contribution in [0.3, 0.4) is 0 Å². The molecule has 0 aliphatic carbocycles. The van der Waals surface area contributed by atoms with Crippen molar-refractivity contribution in [3.05, 3.63) is 70.7 Å². The molecule has 0 aromatic heterocycles. The minimum atomic E-state index is -0.642. The zero-order chi connectivity index (χ0) is 19.1. The van der Waals surface area contributed by atoms with Crippen molar-refractivity contribution >= 4 is 35.8 Å². The van der Waals surface area contributed by atoms with Crippen molar-refractivity contribution in [3.8, 4) is 0 Å². The maximum atomic E-state index is 12.8. The summed E-state index contributed by atoms with van der Waals surface area (Å²) in [4.78, 5) is 25.3. The van der Waals surface area contributed by atoms with Crippen molar-refractivity contribution in [3.63, 3.8) is 0 Å². The summed E-state index contributed by atoms with van der Waals surface area (Å²) in [7, 11) is 0. The molecular formula is C21H25Cl2N3O2. The summed E-state index contributed by atoms with van der Waals surface area (Å²) in [6, 6.07) is 16.0. The van der Waals surface area contributed by atoms with Gasteiger partial charge in [0, 0.05) is 29.6 Å². The first-order valence-corrected chi connectivity index (χ1v) is 9.61. The van der Waals surface area contributed by atoms with Crippen LogP contribution in [-0.4, -0.2) is 37.0 Å². The van der Waals surface area contributed by atoms with E-state index in [1.165, 1.54) is 0 Å². The molecule has 7 heteroatoms. The summed E-state index contributed by atoms with van der Waals surface area (Å²) in [5.41, 5.74) is 1.47. The average molecular weight is 422 g/mol. The van der Waals surface area contributed by atoms with Gasteiger partial charge >= 0.3 is 0 Å². The molecule has 1 heterocycles. The Labute approximate surface area is 176 Å². The van der Waals surface area contributed by atoms with Crippen LogP contribution in [0.15, 0.2) is 54.6 Å². The molecule has 0 saturated carbocycles. The predicted octanol–water partition coefficient (Wildman–Crippen LogP) is 2.97. The van der Waals surface area contributed by atoms with Gasteiger partial charge in [-0.1, -0.05) is 41.9 Å². The van der Waals surface area contributed by atoms with E-state index in [2.05, 4.69) is 16.0 Å². The van der Waals surface area contributed by atoms with E-state index in [4.69, 9.17) is 11.6 Å². The van der Waals surface area contributed by atoms with E-state index in [0.29, 0.717) is 29.6 Å². The van der Waals surface area contributed by atoms with Gasteiger partial charge in [0.2, 0.25) is 5.91 Å². The van der Waals surface area contributed by atoms with Gasteiger partial charge in [0.25, 0.3) is 5.91 Å². The van der Waals surface area contributed by atoms with Gasteiger partial charge in [-0.2, -0.15) is 0 Å². The normalized spacial score (nSPS) is 16.7. The first-order valence-electron chi connectivity index (χ1n) is 9.23. The van der Waals surface area contributed by atoms with Crippen LogP contribution in [0.5, 0.6) is 0 Å². The van der Waals surface area contributed by atoms with E-state index in [1.807, 2.05) is 30.3 Å². The molecule has 0 bridgehead atoms. The number of carbonyl (C=O) groups excluding carboxylic acids is 2. The van der Waals surface area contributed by atoms with Crippen molar-refractivity contribution in [2.75, 3.05) is 13.1 Å². The Morgan fingerprint density at radius 3 is 2.46 bits per heavy atom. The van der Waals surface area contributed by atoms with Crippen molar-refractivity contribution < 1.29 is 9.59 Å². The maximum absolute atomic E-state index is 12.8. The molecule has 0 spiro atoms. The van der Waals surface area contributed by atoms with Gasteiger partial charge in [-0.3, -0.25) is 9.59 Å². The highest BCUT2D eigenvalue weighted by atomic mass is 35.5. The standard InChI is InChI=1S/C21H24ClN3O2.ClH/c22-17-10-8-16(9-11-17)20(26)25-19(13-15-5-2-1-3-6-15)21(27)24-14-18-7-4-12-23-18;/h1-3,5-6,8-11,18-19,23H,4,7,12-14H2,(H,24,27)(H,25,26);1H. The molecule has 1 aliphatic rings. The Hall–Kier alpha value is -2.08. The molecule has 0 radical (unpaired) electrons. The number of carbonyl (C=O) groups is 2. The number of hydrogen-bond acceptors (Lipinski definition) is 3. The minimum absolute atomic E-state index is 0. The van der Waals surface area contributed by atoms with Crippen molar-refractivity contribution in [1.82, 2.24) is 16.0 Å². The number of amides is 2. The zero-order valence-electron chi connectivity index (χ0n) is 15.5. The largest absolute Gasteiger partial charge is 0.353 e. The third kappa shape index (κ3) is 6.51. The van der Waals surface area contributed by atoms with Crippen LogP contribution in [0, 0.1) is 0 Å². The summed E-state index contributed by atoms with van der Waals surface area (Å²) in [6.07, 6.45) is 2.62. The first-order chi connectivity index (χ1) is 13.1. The molecule has 5 nitrogen and oxygen atoms in total. The smallest absolute Gasteiger partial charge is 0.251 e. The zero-order valence-corrected chi connectivity index (χ0v) is 17.1. The van der Waals surface area contributed by atoms with E-state index in [1.54, 1.807) is 24.3 Å². The van der Waals surface area contributed by atoms with E-state index in [-0.39, 0.29) is 24.2 Å². The first kappa shape index (κ1) is 22.2. The topological polar surface area (TPSA) is 70.2 Å². The van der Waals surface area contributed by atoms with Gasteiger partial charge in [-0.25, -0.2) is 0 Å². The lowest BCUT2D eigenvalue weighted by molar-refractivity contribution is -0.123. The third-order valence-corrected chi connectivity index (χ3v) is 4.95. The summed E-state index contributed by atoms with van der Waals surface area (Å²) >= 11 is 5.88. The summed E-state index contributed by atoms with van der Waals surface area (Å²) < 4.78 is 0. The van der Waals surface area contributed by atoms with Crippen LogP contribution < -0.4 is 16.0 Å². The Morgan fingerprint density at radius 2 is 1.82 bits per heavy atom. The van der Waals surface area contributed by atoms with Crippen LogP contribution in [0.2, 0.25) is 5.02 Å². The number of nitrogens with one attached hydrogen (secondary N) is 3. The lowest BCUT2D eigenvalue weighted by atomic mass is 10.0. The van der Waals surface area contributed by atoms with Gasteiger partial charge in [-0.05, 0) is 49.2 Å². The molecule has 2 atom stereocenters. The number of hydrogen-bond donors (Lipinski definition) is 3. The quantitative estimate of drug-likeness (QED) is 0.643. The SMILES string of the molecule is Cl.O=C(NC(Cc1ccccc1)C(=O)NCC1CCCN1)c1ccc(Cl)cc1. The molecular weight excluding hydrogens is 397 g/mol. The molecule has 2 unspecified atom stereocenters. The fraction of sp³-hybridized carbons (Fsp3) is 0.333. The Balaban J connectivity index is 0.00000280. The molecule has 2 aromatic rings. The minimum Gasteiger partial charge on any atom is -0.353 e. The average Bonchev–Trinajstić information content (AvgIpc) is 3.20. The fourth-order valence-corrected chi connectivity index (χ4v) is 3.31. The summed E-state index contributed by atoms with van der Waals surface area (Å²) in [5, 5.41) is 9.76. The maximum Gasteiger partial charge on any atom is 0.251 e. The summed E-state index contributed by atoms with van der Waals surface area (Å²) in [5.74, 6) is -0.461. The molecule has 1 saturated heterocycles. The second-order valence-corrected chi connectivity index (χ2v) is 7.20. The Kier molecular flexibility index (Phi) is 8.77. The fourth-order valence-electron chi connectivity index (χ4n) is 3.18. The van der Waals surface area contributed by atoms with Crippen LogP contribution in [0.4, 0.5) is 0 Å². The number of rotatable bonds is 7. The number of halogens is 2. The van der Waals surface area contributed by atoms with E-state index in [0.717, 1.165) is 24.9 Å². The lowest BCUT2D eigenvalue weighted by Crippen LogP contribution is -2.50. The van der Waals surface area contributed by atoms with Crippen molar-refractivity contribution in [1.29, 1.82) is 0 Å². The third-order valence-electron chi connectivity index (χ3n) is 4.70. The lowest BCUT2D eigenvalue weighted by Gasteiger charge is -2.20. The van der Waals surface area contributed by atoms with E-state index >= 15 is 0 Å². The molecule has 3 rings (SSSR count). The highest BCUT2D eigenvalue weighted by Crippen LogP contribution is 2.11. The van der Waals surface area contributed by atoms with Gasteiger partial charge < -0.3 is 16.0 Å². The van der Waals surface area contributed by atoms with Gasteiger partial charge in [0.05, 0.1) is 0 Å². The van der Waals surface area contributed by atoms with Gasteiger partial charge in [0.15, 0.2) is 0 Å². The highest BCUT2D eigenvalue weighted by molar-refractivity contribution is 6.30. The molecule has 1 fully saturated rings. The molecule has 2 aromatic carbocycles. The van der Waals surface area contributed by atoms with Crippen LogP contribution >= 0.6 is 24.0 Å². The Bertz CT molecular complexity index is 763. The van der Waals surface area contributed by atoms with Crippen LogP contribution in [-0.2, 0) is 11.2 Å². The second-order valence-electron chi connectivity index (χ2n) is 6.76. The number of benzene rings is 2. The van der Waals surface area contributed by atoms with Gasteiger partial charge in [0.1, 0.15) is 6.04 Å². The molecule has 150 valence electrons. The molecule has 28 heavy (non-hydrogen) atoms. The second kappa shape index (κ2) is 11.1. The highest BCUT2D eigenvalue weighted by Gasteiger charge is 2.23. The molecule has 3 N–H and O–H groups in total. The van der Waals surface area contributed by atoms with Crippen LogP contribution in [0.1, 0.15) is 28.8 Å². The van der Waals surface area contributed by atoms with Crippen LogP contribution in [0.25, 0.3) is 0 Å². The predicted molar refractivity (Wildman–Crippen MR) is 114 cm³/mol. The van der Waals surface area contributed by atoms with Crippen molar-refractivity contribution in [2.45, 2.75) is 31.3 Å². The Morgan fingerprint density at radius 1 is 1.11 bits per heavy atom. The van der Waals surface area contributed by atoms with Gasteiger partial charge in [-0.15, -0.1) is 12.4 Å². The molecule has 1 aliphatic heterocycles.